The lowest BCUT2D eigenvalue weighted by Crippen LogP contribution is -2.77. The second kappa shape index (κ2) is 9.67. The van der Waals surface area contributed by atoms with Gasteiger partial charge in [0, 0.05) is 35.0 Å². The molecule has 7 fully saturated rings. The Morgan fingerprint density at radius 1 is 1.04 bits per heavy atom. The molecule has 1 unspecified atom stereocenters. The number of hydrogen-bond acceptors (Lipinski definition) is 14. The summed E-state index contributed by atoms with van der Waals surface area (Å²) in [5, 5.41) is 36.9. The maximum atomic E-state index is 14.1. The number of fused-ring (bicyclic) bond motifs is 7. The largest absolute Gasteiger partial charge is 0.469 e. The van der Waals surface area contributed by atoms with Crippen LogP contribution < -0.4 is 0 Å². The normalized spacial score (nSPS) is 56.4. The number of aliphatic hydroxyl groups excluding tert-OH is 2. The molecule has 2 bridgehead atoms. The van der Waals surface area contributed by atoms with Crippen molar-refractivity contribution in [2.45, 2.75) is 107 Å². The molecule has 0 aromatic rings. The number of methoxy groups -OCH3 is 2. The number of carbonyl (C=O) groups is 3. The third kappa shape index (κ3) is 3.25. The van der Waals surface area contributed by atoms with Gasteiger partial charge in [0.15, 0.2) is 11.7 Å². The van der Waals surface area contributed by atoms with Gasteiger partial charge < -0.3 is 53.2 Å². The van der Waals surface area contributed by atoms with Gasteiger partial charge in [0.2, 0.25) is 6.29 Å². The number of epoxide rings is 1. The van der Waals surface area contributed by atoms with Crippen LogP contribution in [0, 0.1) is 39.9 Å². The second-order valence-electron chi connectivity index (χ2n) is 15.4. The minimum Gasteiger partial charge on any atom is -0.469 e. The molecule has 3 aliphatic carbocycles. The molecule has 17 atom stereocenters. The van der Waals surface area contributed by atoms with Crippen molar-refractivity contribution in [3.63, 3.8) is 0 Å². The lowest BCUT2D eigenvalue weighted by atomic mass is 9.38. The van der Waals surface area contributed by atoms with Crippen molar-refractivity contribution in [3.8, 4) is 0 Å². The molecule has 0 aromatic carbocycles. The Labute approximate surface area is 271 Å². The van der Waals surface area contributed by atoms with E-state index in [-0.39, 0.29) is 19.6 Å². The third-order valence-corrected chi connectivity index (χ3v) is 14.0. The fraction of sp³-hybridized carbons (Fsp3) is 0.848. The summed E-state index contributed by atoms with van der Waals surface area (Å²) in [6.45, 7) is 6.77. The molecule has 4 saturated heterocycles. The topological polar surface area (TPSA) is 189 Å². The minimum atomic E-state index is -1.63. The summed E-state index contributed by atoms with van der Waals surface area (Å²) >= 11 is 0. The van der Waals surface area contributed by atoms with Crippen molar-refractivity contribution < 1.29 is 67.6 Å². The van der Waals surface area contributed by atoms with E-state index >= 15 is 0 Å². The number of rotatable bonds is 6. The average molecular weight is 665 g/mol. The van der Waals surface area contributed by atoms with Crippen LogP contribution >= 0.6 is 0 Å². The Hall–Kier alpha value is -2.33. The quantitative estimate of drug-likeness (QED) is 0.195. The maximum absolute atomic E-state index is 14.1. The summed E-state index contributed by atoms with van der Waals surface area (Å²) in [5.41, 5.74) is -8.32. The standard InChI is InChI=1S/C33H44O14/c1-7-14(2)24(36)45-17-11-16(34)30-12-44-20(25(37)40-5)21(30)28(3,23(35)19-22(30)31(17,13-43-19)26(38)41-6)33-18-10-15(29(33,4)47-33)32(39)8-9-42-27(32)46-18/h8-9,14-23,27,34-35,39H,7,10-13H2,1-6H3/t14?,15-,16+,17-,18+,19-,20+,21+,22-,23-,27+,28+,29+,30-,31+,32+,33+/m1/s1. The molecule has 3 saturated carbocycles. The SMILES string of the molecule is CCC(C)C(=O)O[C@@H]1C[C@H](O)[C@]23CO[C@H](C(=O)OC)[C@H]2[C@](C)([C@]24O[C@@]2(C)[C@H]2C[C@@H]4O[C@@H]4OC=C[C@@]42O)[C@H](O)[C@@H]2OC[C@@]1(C(=O)OC)[C@H]23. The Kier molecular flexibility index (Phi) is 6.57. The van der Waals surface area contributed by atoms with E-state index in [2.05, 4.69) is 0 Å². The summed E-state index contributed by atoms with van der Waals surface area (Å²) in [5.74, 6) is -4.93. The van der Waals surface area contributed by atoms with E-state index in [1.54, 1.807) is 19.9 Å². The first-order valence-corrected chi connectivity index (χ1v) is 16.6. The average Bonchev–Trinajstić information content (AvgIpc) is 3.49. The highest BCUT2D eigenvalue weighted by atomic mass is 16.7. The van der Waals surface area contributed by atoms with E-state index in [0.29, 0.717) is 12.8 Å². The smallest absolute Gasteiger partial charge is 0.335 e. The van der Waals surface area contributed by atoms with Crippen molar-refractivity contribution in [1.29, 1.82) is 0 Å². The van der Waals surface area contributed by atoms with Crippen LogP contribution in [0.15, 0.2) is 12.3 Å². The molecule has 0 aromatic heterocycles. The Balaban J connectivity index is 1.31. The van der Waals surface area contributed by atoms with Crippen molar-refractivity contribution in [2.24, 2.45) is 39.9 Å². The van der Waals surface area contributed by atoms with Gasteiger partial charge in [-0.2, -0.15) is 0 Å². The van der Waals surface area contributed by atoms with E-state index in [4.69, 9.17) is 37.9 Å². The summed E-state index contributed by atoms with van der Waals surface area (Å²) in [6.07, 6.45) is -4.23. The molecule has 1 spiro atoms. The van der Waals surface area contributed by atoms with Gasteiger partial charge in [0.1, 0.15) is 22.7 Å². The molecular formula is C33H44O14. The lowest BCUT2D eigenvalue weighted by molar-refractivity contribution is -0.295. The van der Waals surface area contributed by atoms with Gasteiger partial charge in [-0.25, -0.2) is 4.79 Å². The van der Waals surface area contributed by atoms with Crippen molar-refractivity contribution >= 4 is 17.9 Å². The molecule has 14 nitrogen and oxygen atoms in total. The first-order valence-electron chi connectivity index (χ1n) is 16.6. The summed E-state index contributed by atoms with van der Waals surface area (Å²) in [4.78, 5) is 40.9. The highest BCUT2D eigenvalue weighted by Crippen LogP contribution is 2.82. The highest BCUT2D eigenvalue weighted by molar-refractivity contribution is 5.81. The zero-order chi connectivity index (χ0) is 33.7. The highest BCUT2D eigenvalue weighted by Gasteiger charge is 2.95. The molecule has 47 heavy (non-hydrogen) atoms. The maximum Gasteiger partial charge on any atom is 0.335 e. The third-order valence-electron chi connectivity index (χ3n) is 14.0. The molecule has 5 aliphatic heterocycles. The van der Waals surface area contributed by atoms with Gasteiger partial charge in [-0.3, -0.25) is 9.59 Å². The number of aliphatic hydroxyl groups is 3. The van der Waals surface area contributed by atoms with E-state index in [9.17, 15) is 29.7 Å². The molecular weight excluding hydrogens is 620 g/mol. The van der Waals surface area contributed by atoms with E-state index in [1.807, 2.05) is 13.8 Å². The molecule has 3 N–H and O–H groups in total. The van der Waals surface area contributed by atoms with Crippen LogP contribution in [0.2, 0.25) is 0 Å². The van der Waals surface area contributed by atoms with Crippen LogP contribution in [0.4, 0.5) is 0 Å². The molecule has 260 valence electrons. The summed E-state index contributed by atoms with van der Waals surface area (Å²) < 4.78 is 48.2. The van der Waals surface area contributed by atoms with E-state index < -0.39 is 118 Å². The Morgan fingerprint density at radius 2 is 1.79 bits per heavy atom. The van der Waals surface area contributed by atoms with Gasteiger partial charge in [-0.1, -0.05) is 20.8 Å². The predicted octanol–water partition coefficient (Wildman–Crippen LogP) is -0.0140. The number of esters is 3. The second-order valence-corrected chi connectivity index (χ2v) is 15.4. The monoisotopic (exact) mass is 664 g/mol. The molecule has 0 amide bonds. The van der Waals surface area contributed by atoms with Crippen molar-refractivity contribution in [2.75, 3.05) is 27.4 Å². The zero-order valence-electron chi connectivity index (χ0n) is 27.4. The van der Waals surface area contributed by atoms with Crippen LogP contribution in [-0.2, 0) is 52.3 Å². The first kappa shape index (κ1) is 31.9. The molecule has 8 aliphatic rings. The van der Waals surface area contributed by atoms with Crippen molar-refractivity contribution in [1.82, 2.24) is 0 Å². The zero-order valence-corrected chi connectivity index (χ0v) is 27.4. The van der Waals surface area contributed by atoms with E-state index in [1.165, 1.54) is 20.5 Å². The summed E-state index contributed by atoms with van der Waals surface area (Å²) in [7, 11) is 2.47. The van der Waals surface area contributed by atoms with Crippen LogP contribution in [0.1, 0.15) is 47.0 Å². The van der Waals surface area contributed by atoms with Gasteiger partial charge in [0.05, 0.1) is 64.0 Å². The van der Waals surface area contributed by atoms with Crippen LogP contribution in [-0.4, -0.2) is 120 Å². The fourth-order valence-corrected chi connectivity index (χ4v) is 11.8. The lowest BCUT2D eigenvalue weighted by Gasteiger charge is -2.65. The molecule has 8 rings (SSSR count). The van der Waals surface area contributed by atoms with Crippen LogP contribution in [0.3, 0.4) is 0 Å². The number of carbonyl (C=O) groups excluding carboxylic acids is 3. The minimum absolute atomic E-state index is 0.169. The van der Waals surface area contributed by atoms with Gasteiger partial charge >= 0.3 is 17.9 Å². The van der Waals surface area contributed by atoms with Gasteiger partial charge in [0.25, 0.3) is 0 Å². The van der Waals surface area contributed by atoms with Gasteiger partial charge in [-0.15, -0.1) is 0 Å². The molecule has 5 heterocycles. The predicted molar refractivity (Wildman–Crippen MR) is 154 cm³/mol. The van der Waals surface area contributed by atoms with Gasteiger partial charge in [-0.05, 0) is 25.8 Å². The Morgan fingerprint density at radius 3 is 2.47 bits per heavy atom. The number of ether oxygens (including phenoxy) is 8. The fourth-order valence-electron chi connectivity index (χ4n) is 11.8. The summed E-state index contributed by atoms with van der Waals surface area (Å²) in [6, 6.07) is 0. The van der Waals surface area contributed by atoms with Crippen LogP contribution in [0.25, 0.3) is 0 Å². The molecule has 0 radical (unpaired) electrons. The van der Waals surface area contributed by atoms with Crippen LogP contribution in [0.5, 0.6) is 0 Å². The Bertz CT molecular complexity index is 1440. The van der Waals surface area contributed by atoms with E-state index in [0.717, 1.165) is 0 Å². The van der Waals surface area contributed by atoms with Crippen molar-refractivity contribution in [3.05, 3.63) is 12.3 Å². The first-order chi connectivity index (χ1) is 22.2. The number of hydrogen-bond donors (Lipinski definition) is 3. The molecule has 14 heteroatoms.